The molecule has 0 amide bonds. The van der Waals surface area contributed by atoms with E-state index in [0.29, 0.717) is 5.75 Å². The van der Waals surface area contributed by atoms with E-state index >= 15 is 0 Å². The fourth-order valence-corrected chi connectivity index (χ4v) is 3.25. The number of ether oxygens (including phenoxy) is 2. The lowest BCUT2D eigenvalue weighted by Crippen LogP contribution is -2.11. The monoisotopic (exact) mass is 450 g/mol. The average Bonchev–Trinajstić information content (AvgIpc) is 3.31. The molecule has 1 N–H and O–H groups in total. The number of alkyl halides is 3. The van der Waals surface area contributed by atoms with Crippen molar-refractivity contribution in [2.24, 2.45) is 0 Å². The van der Waals surface area contributed by atoms with Crippen LogP contribution >= 0.6 is 0 Å². The first-order valence-electron chi connectivity index (χ1n) is 9.89. The van der Waals surface area contributed by atoms with E-state index in [2.05, 4.69) is 15.4 Å². The predicted molar refractivity (Wildman–Crippen MR) is 114 cm³/mol. The van der Waals surface area contributed by atoms with Crippen molar-refractivity contribution in [1.29, 1.82) is 5.26 Å². The Morgan fingerprint density at radius 1 is 0.848 bits per heavy atom. The van der Waals surface area contributed by atoms with Gasteiger partial charge in [-0.25, -0.2) is 0 Å². The number of rotatable bonds is 7. The van der Waals surface area contributed by atoms with Crippen LogP contribution in [0.25, 0.3) is 22.4 Å². The summed E-state index contributed by atoms with van der Waals surface area (Å²) in [5, 5.41) is 18.8. The van der Waals surface area contributed by atoms with Crippen LogP contribution in [-0.2, 0) is 6.18 Å². The molecule has 4 aromatic rings. The van der Waals surface area contributed by atoms with Crippen molar-refractivity contribution < 1.29 is 22.6 Å². The molecule has 9 heteroatoms. The second-order valence-electron chi connectivity index (χ2n) is 6.94. The first-order valence-corrected chi connectivity index (χ1v) is 9.89. The summed E-state index contributed by atoms with van der Waals surface area (Å²) < 4.78 is 51.6. The number of halogens is 3. The fourth-order valence-electron chi connectivity index (χ4n) is 3.25. The standard InChI is InChI=1S/C24H17F3N4O2/c25-24(26,27)18-12-17(23-21(15-28)29-31-30-23)13-19(14-18)32-10-11-33-22-9-5-4-8-20(22)16-6-2-1-3-7-16/h1-9,12-14H,10-11H2,(H,29,30,31). The quantitative estimate of drug-likeness (QED) is 0.377. The molecular formula is C24H17F3N4O2. The Balaban J connectivity index is 1.49. The molecule has 0 saturated carbocycles. The van der Waals surface area contributed by atoms with Crippen LogP contribution in [0.1, 0.15) is 11.3 Å². The highest BCUT2D eigenvalue weighted by Crippen LogP contribution is 2.36. The Kier molecular flexibility index (Phi) is 6.26. The smallest absolute Gasteiger partial charge is 0.416 e. The van der Waals surface area contributed by atoms with Gasteiger partial charge in [0.2, 0.25) is 0 Å². The van der Waals surface area contributed by atoms with Crippen molar-refractivity contribution in [2.75, 3.05) is 13.2 Å². The second kappa shape index (κ2) is 9.44. The number of aromatic nitrogens is 3. The van der Waals surface area contributed by atoms with E-state index in [1.54, 1.807) is 6.07 Å². The van der Waals surface area contributed by atoms with Gasteiger partial charge in [-0.05, 0) is 29.8 Å². The van der Waals surface area contributed by atoms with Gasteiger partial charge in [-0.1, -0.05) is 48.5 Å². The molecule has 6 nitrogen and oxygen atoms in total. The van der Waals surface area contributed by atoms with Crippen LogP contribution < -0.4 is 9.47 Å². The number of benzene rings is 3. The van der Waals surface area contributed by atoms with Gasteiger partial charge in [-0.15, -0.1) is 5.10 Å². The van der Waals surface area contributed by atoms with Gasteiger partial charge < -0.3 is 9.47 Å². The van der Waals surface area contributed by atoms with Crippen molar-refractivity contribution in [1.82, 2.24) is 15.4 Å². The van der Waals surface area contributed by atoms with Gasteiger partial charge in [-0.3, -0.25) is 0 Å². The number of hydrogen-bond donors (Lipinski definition) is 1. The Morgan fingerprint density at radius 2 is 1.58 bits per heavy atom. The highest BCUT2D eigenvalue weighted by Gasteiger charge is 2.32. The van der Waals surface area contributed by atoms with Crippen molar-refractivity contribution >= 4 is 0 Å². The maximum absolute atomic E-state index is 13.4. The molecule has 0 fully saturated rings. The molecule has 0 aliphatic rings. The van der Waals surface area contributed by atoms with Crippen LogP contribution in [0.4, 0.5) is 13.2 Å². The fraction of sp³-hybridized carbons (Fsp3) is 0.125. The number of nitrogens with zero attached hydrogens (tertiary/aromatic N) is 3. The molecule has 0 atom stereocenters. The maximum atomic E-state index is 13.4. The van der Waals surface area contributed by atoms with Crippen molar-refractivity contribution in [2.45, 2.75) is 6.18 Å². The van der Waals surface area contributed by atoms with Crippen LogP contribution in [0.3, 0.4) is 0 Å². The molecule has 1 heterocycles. The van der Waals surface area contributed by atoms with E-state index in [1.165, 1.54) is 6.07 Å². The number of hydrogen-bond acceptors (Lipinski definition) is 5. The average molecular weight is 450 g/mol. The zero-order valence-corrected chi connectivity index (χ0v) is 17.1. The molecule has 4 rings (SSSR count). The lowest BCUT2D eigenvalue weighted by molar-refractivity contribution is -0.137. The summed E-state index contributed by atoms with van der Waals surface area (Å²) >= 11 is 0. The third-order valence-electron chi connectivity index (χ3n) is 4.74. The van der Waals surface area contributed by atoms with Crippen LogP contribution in [0.5, 0.6) is 11.5 Å². The van der Waals surface area contributed by atoms with Crippen molar-refractivity contribution in [3.8, 4) is 40.0 Å². The van der Waals surface area contributed by atoms with Gasteiger partial charge in [0.15, 0.2) is 5.69 Å². The molecule has 0 bridgehead atoms. The van der Waals surface area contributed by atoms with Gasteiger partial charge in [0.25, 0.3) is 0 Å². The first kappa shape index (κ1) is 21.9. The Morgan fingerprint density at radius 3 is 2.33 bits per heavy atom. The number of nitrogens with one attached hydrogen (secondary N) is 1. The summed E-state index contributed by atoms with van der Waals surface area (Å²) in [6.07, 6.45) is -4.60. The topological polar surface area (TPSA) is 83.8 Å². The molecule has 33 heavy (non-hydrogen) atoms. The lowest BCUT2D eigenvalue weighted by atomic mass is 10.1. The normalized spacial score (nSPS) is 11.1. The van der Waals surface area contributed by atoms with E-state index in [1.807, 2.05) is 54.6 Å². The number of H-pyrrole nitrogens is 1. The molecule has 0 unspecified atom stereocenters. The number of para-hydroxylation sites is 1. The highest BCUT2D eigenvalue weighted by molar-refractivity contribution is 5.70. The van der Waals surface area contributed by atoms with Crippen LogP contribution in [-0.4, -0.2) is 28.6 Å². The Hall–Kier alpha value is -4.32. The molecule has 166 valence electrons. The maximum Gasteiger partial charge on any atom is 0.416 e. The molecular weight excluding hydrogens is 433 g/mol. The first-order chi connectivity index (χ1) is 16.0. The largest absolute Gasteiger partial charge is 0.490 e. The second-order valence-corrected chi connectivity index (χ2v) is 6.94. The third-order valence-corrected chi connectivity index (χ3v) is 4.74. The summed E-state index contributed by atoms with van der Waals surface area (Å²) in [7, 11) is 0. The minimum atomic E-state index is -4.60. The molecule has 1 aromatic heterocycles. The summed E-state index contributed by atoms with van der Waals surface area (Å²) in [4.78, 5) is 0. The van der Waals surface area contributed by atoms with Crippen LogP contribution in [0.2, 0.25) is 0 Å². The van der Waals surface area contributed by atoms with E-state index in [0.717, 1.165) is 23.3 Å². The highest BCUT2D eigenvalue weighted by atomic mass is 19.4. The van der Waals surface area contributed by atoms with Gasteiger partial charge >= 0.3 is 6.18 Å². The zero-order chi connectivity index (χ0) is 23.3. The summed E-state index contributed by atoms with van der Waals surface area (Å²) in [6.45, 7) is 0.122. The van der Waals surface area contributed by atoms with Gasteiger partial charge in [0.05, 0.1) is 5.56 Å². The number of aromatic amines is 1. The molecule has 0 saturated heterocycles. The van der Waals surface area contributed by atoms with Crippen molar-refractivity contribution in [3.05, 3.63) is 84.1 Å². The Bertz CT molecular complexity index is 1280. The van der Waals surface area contributed by atoms with Crippen LogP contribution in [0, 0.1) is 11.3 Å². The van der Waals surface area contributed by atoms with E-state index in [4.69, 9.17) is 14.7 Å². The zero-order valence-electron chi connectivity index (χ0n) is 17.1. The summed E-state index contributed by atoms with van der Waals surface area (Å²) in [5.41, 5.74) is 0.937. The molecule has 0 aliphatic heterocycles. The molecule has 0 spiro atoms. The van der Waals surface area contributed by atoms with Crippen molar-refractivity contribution in [3.63, 3.8) is 0 Å². The van der Waals surface area contributed by atoms with Gasteiger partial charge in [-0.2, -0.15) is 28.7 Å². The summed E-state index contributed by atoms with van der Waals surface area (Å²) in [6, 6.07) is 22.1. The molecule has 0 aliphatic carbocycles. The minimum Gasteiger partial charge on any atom is -0.490 e. The van der Waals surface area contributed by atoms with E-state index < -0.39 is 11.7 Å². The molecule has 3 aromatic carbocycles. The predicted octanol–water partition coefficient (Wildman–Crippen LogP) is 5.49. The SMILES string of the molecule is N#Cc1n[nH]nc1-c1cc(OCCOc2ccccc2-c2ccccc2)cc(C(F)(F)F)c1. The van der Waals surface area contributed by atoms with Crippen LogP contribution in [0.15, 0.2) is 72.8 Å². The van der Waals surface area contributed by atoms with Gasteiger partial charge in [0, 0.05) is 11.1 Å². The summed E-state index contributed by atoms with van der Waals surface area (Å²) in [5.74, 6) is 0.616. The van der Waals surface area contributed by atoms with Gasteiger partial charge in [0.1, 0.15) is 36.5 Å². The Labute approximate surface area is 187 Å². The van der Waals surface area contributed by atoms with E-state index in [9.17, 15) is 13.2 Å². The third kappa shape index (κ3) is 5.13. The van der Waals surface area contributed by atoms with E-state index in [-0.39, 0.29) is 35.9 Å². The lowest BCUT2D eigenvalue weighted by Gasteiger charge is -2.14. The molecule has 0 radical (unpaired) electrons. The minimum absolute atomic E-state index is 0.00774. The number of nitriles is 1.